The molecule has 0 unspecified atom stereocenters. The molecule has 0 fully saturated rings. The van der Waals surface area contributed by atoms with Gasteiger partial charge in [-0.2, -0.15) is 0 Å². The summed E-state index contributed by atoms with van der Waals surface area (Å²) in [4.78, 5) is 10.6. The predicted molar refractivity (Wildman–Crippen MR) is 195 cm³/mol. The number of rotatable bonds is 4. The molecular weight excluding hydrogens is 572 g/mol. The molecule has 8 aromatic carbocycles. The van der Waals surface area contributed by atoms with Gasteiger partial charge in [0.1, 0.15) is 11.2 Å². The highest BCUT2D eigenvalue weighted by molar-refractivity contribution is 6.35. The Balaban J connectivity index is 1.28. The van der Waals surface area contributed by atoms with Crippen LogP contribution in [0, 0.1) is 0 Å². The largest absolute Gasteiger partial charge is 0.456 e. The minimum absolute atomic E-state index is 0.860. The van der Waals surface area contributed by atoms with E-state index in [1.54, 1.807) is 0 Å². The van der Waals surface area contributed by atoms with Gasteiger partial charge in [-0.1, -0.05) is 121 Å². The minimum Gasteiger partial charge on any atom is -0.456 e. The number of furan rings is 1. The van der Waals surface area contributed by atoms with Gasteiger partial charge in [0, 0.05) is 27.3 Å². The van der Waals surface area contributed by atoms with Crippen LogP contribution < -0.4 is 0 Å². The normalized spacial score (nSPS) is 11.8. The summed E-state index contributed by atoms with van der Waals surface area (Å²) in [6.45, 7) is 0. The molecule has 0 spiro atoms. The third kappa shape index (κ3) is 3.93. The highest BCUT2D eigenvalue weighted by Crippen LogP contribution is 2.48. The summed E-state index contributed by atoms with van der Waals surface area (Å²) < 4.78 is 6.44. The second kappa shape index (κ2) is 10.1. The molecule has 0 aliphatic carbocycles. The van der Waals surface area contributed by atoms with Crippen LogP contribution in [0.1, 0.15) is 0 Å². The molecule has 2 heterocycles. The first-order chi connectivity index (χ1) is 23.3. The van der Waals surface area contributed by atoms with Crippen molar-refractivity contribution in [1.82, 2.24) is 9.97 Å². The highest BCUT2D eigenvalue weighted by atomic mass is 16.3. The van der Waals surface area contributed by atoms with Gasteiger partial charge in [-0.15, -0.1) is 0 Å². The molecule has 0 bridgehead atoms. The number of benzene rings is 8. The number of nitrogens with zero attached hydrogens (tertiary/aromatic N) is 2. The second-order valence-corrected chi connectivity index (χ2v) is 12.1. The Bertz CT molecular complexity index is 2800. The van der Waals surface area contributed by atoms with E-state index in [1.165, 1.54) is 37.9 Å². The quantitative estimate of drug-likeness (QED) is 0.189. The lowest BCUT2D eigenvalue weighted by Gasteiger charge is -2.17. The number of hydrogen-bond donors (Lipinski definition) is 0. The zero-order valence-corrected chi connectivity index (χ0v) is 25.3. The van der Waals surface area contributed by atoms with Crippen LogP contribution >= 0.6 is 0 Å². The summed E-state index contributed by atoms with van der Waals surface area (Å²) in [5.41, 5.74) is 11.9. The lowest BCUT2D eigenvalue weighted by Crippen LogP contribution is -1.97. The summed E-state index contributed by atoms with van der Waals surface area (Å²) in [5.74, 6) is 0. The van der Waals surface area contributed by atoms with Crippen LogP contribution in [-0.2, 0) is 0 Å². The lowest BCUT2D eigenvalue weighted by molar-refractivity contribution is 0.669. The molecule has 0 amide bonds. The number of para-hydroxylation sites is 2. The Morgan fingerprint density at radius 3 is 1.79 bits per heavy atom. The van der Waals surface area contributed by atoms with Crippen molar-refractivity contribution in [3.63, 3.8) is 0 Å². The molecule has 10 rings (SSSR count). The molecule has 218 valence electrons. The van der Waals surface area contributed by atoms with Crippen LogP contribution in [0.2, 0.25) is 0 Å². The fourth-order valence-electron chi connectivity index (χ4n) is 7.36. The topological polar surface area (TPSA) is 38.9 Å². The van der Waals surface area contributed by atoms with E-state index in [-0.39, 0.29) is 0 Å². The number of fused-ring (bicyclic) bond motifs is 4. The van der Waals surface area contributed by atoms with Crippen LogP contribution in [0.4, 0.5) is 0 Å². The molecule has 3 nitrogen and oxygen atoms in total. The number of aromatic nitrogens is 2. The van der Waals surface area contributed by atoms with Crippen molar-refractivity contribution < 1.29 is 4.42 Å². The molecule has 10 aromatic rings. The van der Waals surface area contributed by atoms with Crippen LogP contribution in [-0.4, -0.2) is 9.97 Å². The van der Waals surface area contributed by atoms with Crippen LogP contribution in [0.25, 0.3) is 99.3 Å². The summed E-state index contributed by atoms with van der Waals surface area (Å²) in [5, 5.41) is 7.20. The SMILES string of the molecule is c1ccc(-c2cccc(-c3nc4ccccc4nc3-c3ccccc3-c3ccc4oc5cccc6c7ccccc7c3c4c56)c2)cc1. The Morgan fingerprint density at radius 2 is 0.936 bits per heavy atom. The second-order valence-electron chi connectivity index (χ2n) is 12.1. The zero-order chi connectivity index (χ0) is 30.9. The monoisotopic (exact) mass is 598 g/mol. The fraction of sp³-hybridized carbons (Fsp3) is 0. The van der Waals surface area contributed by atoms with E-state index in [9.17, 15) is 0 Å². The van der Waals surface area contributed by atoms with Crippen molar-refractivity contribution in [2.75, 3.05) is 0 Å². The van der Waals surface area contributed by atoms with Gasteiger partial charge < -0.3 is 4.42 Å². The van der Waals surface area contributed by atoms with Crippen LogP contribution in [0.3, 0.4) is 0 Å². The Kier molecular flexibility index (Phi) is 5.57. The van der Waals surface area contributed by atoms with Gasteiger partial charge >= 0.3 is 0 Å². The van der Waals surface area contributed by atoms with Gasteiger partial charge in [0.15, 0.2) is 0 Å². The molecule has 0 radical (unpaired) electrons. The third-order valence-corrected chi connectivity index (χ3v) is 9.44. The van der Waals surface area contributed by atoms with Gasteiger partial charge in [-0.3, -0.25) is 0 Å². The summed E-state index contributed by atoms with van der Waals surface area (Å²) in [6, 6.07) is 55.3. The van der Waals surface area contributed by atoms with Crippen molar-refractivity contribution >= 4 is 54.5 Å². The highest BCUT2D eigenvalue weighted by Gasteiger charge is 2.23. The first kappa shape index (κ1) is 26.0. The average Bonchev–Trinajstić information content (AvgIpc) is 3.53. The van der Waals surface area contributed by atoms with Crippen molar-refractivity contribution in [2.45, 2.75) is 0 Å². The fourth-order valence-corrected chi connectivity index (χ4v) is 7.36. The Hall–Kier alpha value is -6.32. The smallest absolute Gasteiger partial charge is 0.136 e. The van der Waals surface area contributed by atoms with E-state index >= 15 is 0 Å². The first-order valence-corrected chi connectivity index (χ1v) is 15.9. The van der Waals surface area contributed by atoms with Crippen molar-refractivity contribution in [2.24, 2.45) is 0 Å². The predicted octanol–water partition coefficient (Wildman–Crippen LogP) is 11.9. The summed E-state index contributed by atoms with van der Waals surface area (Å²) in [6.07, 6.45) is 0. The molecule has 0 aliphatic rings. The molecule has 0 saturated heterocycles. The van der Waals surface area contributed by atoms with Crippen LogP contribution in [0.5, 0.6) is 0 Å². The zero-order valence-electron chi connectivity index (χ0n) is 25.3. The molecule has 0 atom stereocenters. The van der Waals surface area contributed by atoms with Gasteiger partial charge in [0.2, 0.25) is 0 Å². The van der Waals surface area contributed by atoms with E-state index in [0.29, 0.717) is 0 Å². The van der Waals surface area contributed by atoms with E-state index in [4.69, 9.17) is 14.4 Å². The van der Waals surface area contributed by atoms with Gasteiger partial charge in [0.05, 0.1) is 22.4 Å². The Morgan fingerprint density at radius 1 is 0.340 bits per heavy atom. The maximum atomic E-state index is 6.44. The maximum absolute atomic E-state index is 6.44. The minimum atomic E-state index is 0.860. The Labute approximate surface area is 270 Å². The van der Waals surface area contributed by atoms with Gasteiger partial charge in [-0.25, -0.2) is 9.97 Å². The lowest BCUT2D eigenvalue weighted by atomic mass is 9.87. The maximum Gasteiger partial charge on any atom is 0.136 e. The van der Waals surface area contributed by atoms with Gasteiger partial charge in [0.25, 0.3) is 0 Å². The molecule has 0 saturated carbocycles. The van der Waals surface area contributed by atoms with Crippen molar-refractivity contribution in [3.05, 3.63) is 158 Å². The van der Waals surface area contributed by atoms with Gasteiger partial charge in [-0.05, 0) is 74.8 Å². The molecule has 2 aromatic heterocycles. The summed E-state index contributed by atoms with van der Waals surface area (Å²) in [7, 11) is 0. The molecule has 3 heteroatoms. The first-order valence-electron chi connectivity index (χ1n) is 15.9. The van der Waals surface area contributed by atoms with Crippen LogP contribution in [0.15, 0.2) is 162 Å². The molecule has 0 N–H and O–H groups in total. The summed E-state index contributed by atoms with van der Waals surface area (Å²) >= 11 is 0. The standard InChI is InChI=1S/C44H26N2O/c1-2-12-27(13-3-1)28-14-10-15-29(26-28)43-44(46-37-22-9-8-21-36(37)45-43)35-19-7-5-17-31(35)34-24-25-39-42-40(34)32-18-6-4-16-30(32)33-20-11-23-38(47-39)41(33)42/h1-26H. The van der Waals surface area contributed by atoms with E-state index in [0.717, 1.165) is 61.4 Å². The van der Waals surface area contributed by atoms with Crippen molar-refractivity contribution in [1.29, 1.82) is 0 Å². The molecular formula is C44H26N2O. The van der Waals surface area contributed by atoms with Crippen molar-refractivity contribution in [3.8, 4) is 44.8 Å². The van der Waals surface area contributed by atoms with E-state index in [2.05, 4.69) is 127 Å². The van der Waals surface area contributed by atoms with E-state index in [1.807, 2.05) is 30.3 Å². The molecule has 47 heavy (non-hydrogen) atoms. The molecule has 0 aliphatic heterocycles. The van der Waals surface area contributed by atoms with E-state index < -0.39 is 0 Å². The average molecular weight is 599 g/mol. The number of hydrogen-bond acceptors (Lipinski definition) is 3. The third-order valence-electron chi connectivity index (χ3n) is 9.44.